The zero-order valence-corrected chi connectivity index (χ0v) is 28.2. The van der Waals surface area contributed by atoms with Gasteiger partial charge in [0.25, 0.3) is 5.56 Å². The Morgan fingerprint density at radius 1 is 1.04 bits per heavy atom. The summed E-state index contributed by atoms with van der Waals surface area (Å²) in [5.41, 5.74) is 2.64. The minimum Gasteiger partial charge on any atom is -0.497 e. The molecule has 246 valence electrons. The number of hydrogen-bond acceptors (Lipinski definition) is 8. The Kier molecular flexibility index (Phi) is 7.65. The third-order valence-electron chi connectivity index (χ3n) is 9.13. The molecule has 2 aliphatic rings. The molecule has 2 aromatic carbocycles. The van der Waals surface area contributed by atoms with Gasteiger partial charge in [0.15, 0.2) is 5.65 Å². The third-order valence-corrected chi connectivity index (χ3v) is 9.54. The lowest BCUT2D eigenvalue weighted by Gasteiger charge is -2.40. The minimum absolute atomic E-state index is 0.0146. The number of methoxy groups -OCH3 is 1. The van der Waals surface area contributed by atoms with Crippen molar-refractivity contribution in [2.75, 3.05) is 12.0 Å². The van der Waals surface area contributed by atoms with Crippen molar-refractivity contribution in [2.24, 2.45) is 14.1 Å². The number of aryl methyl sites for hydroxylation is 1. The van der Waals surface area contributed by atoms with Crippen LogP contribution < -0.4 is 20.5 Å². The van der Waals surface area contributed by atoms with E-state index in [-0.39, 0.29) is 23.7 Å². The molecule has 13 heteroatoms. The lowest BCUT2D eigenvalue weighted by Crippen LogP contribution is -2.52. The average molecular weight is 659 g/mol. The summed E-state index contributed by atoms with van der Waals surface area (Å²) in [7, 11) is 5.25. The van der Waals surface area contributed by atoms with Crippen molar-refractivity contribution in [3.63, 3.8) is 0 Å². The van der Waals surface area contributed by atoms with Crippen LogP contribution in [0.25, 0.3) is 33.2 Å². The zero-order chi connectivity index (χ0) is 33.2. The fourth-order valence-electron chi connectivity index (χ4n) is 7.13. The van der Waals surface area contributed by atoms with Crippen LogP contribution in [-0.4, -0.2) is 66.0 Å². The molecule has 7 rings (SSSR count). The maximum absolute atomic E-state index is 14.4. The van der Waals surface area contributed by atoms with E-state index in [1.54, 1.807) is 23.4 Å². The van der Waals surface area contributed by atoms with E-state index in [1.807, 2.05) is 75.1 Å². The molecular formula is C34H39ClN8O4. The second kappa shape index (κ2) is 11.6. The van der Waals surface area contributed by atoms with Gasteiger partial charge in [-0.3, -0.25) is 18.7 Å². The normalized spacial score (nSPS) is 19.5. The van der Waals surface area contributed by atoms with E-state index in [2.05, 4.69) is 15.3 Å². The smallest absolute Gasteiger partial charge is 0.407 e. The molecule has 2 bridgehead atoms. The van der Waals surface area contributed by atoms with E-state index >= 15 is 0 Å². The van der Waals surface area contributed by atoms with Crippen molar-refractivity contribution in [3.8, 4) is 17.0 Å². The highest BCUT2D eigenvalue weighted by atomic mass is 35.5. The van der Waals surface area contributed by atoms with Gasteiger partial charge in [0, 0.05) is 49.4 Å². The van der Waals surface area contributed by atoms with Gasteiger partial charge in [0.2, 0.25) is 5.95 Å². The van der Waals surface area contributed by atoms with Crippen LogP contribution in [0.3, 0.4) is 0 Å². The van der Waals surface area contributed by atoms with E-state index in [9.17, 15) is 9.59 Å². The van der Waals surface area contributed by atoms with Gasteiger partial charge < -0.3 is 19.7 Å². The maximum Gasteiger partial charge on any atom is 0.407 e. The minimum atomic E-state index is -0.565. The molecular weight excluding hydrogens is 620 g/mol. The van der Waals surface area contributed by atoms with Crippen molar-refractivity contribution in [1.82, 2.24) is 34.4 Å². The first-order valence-electron chi connectivity index (χ1n) is 15.9. The number of carbonyl (C=O) groups excluding carboxylic acids is 1. The summed E-state index contributed by atoms with van der Waals surface area (Å²) in [6.45, 7) is 5.96. The van der Waals surface area contributed by atoms with Crippen LogP contribution in [0.15, 0.2) is 47.4 Å². The first-order chi connectivity index (χ1) is 22.4. The number of ether oxygens (including phenoxy) is 2. The monoisotopic (exact) mass is 658 g/mol. The Morgan fingerprint density at radius 2 is 1.74 bits per heavy atom. The standard InChI is InChI=1S/C34H39ClN8O4/c1-34(2,3)47-33(45)36-20-15-21-9-10-22(16-20)43(21)32-37-30-27(31(44)41(32)5)29(24-13-14-26-25(28(24)35)18-40(4)38-26)42(39-30)17-19-7-11-23(46-6)12-8-19/h7-8,11-14,18,20-22H,9-10,15-17H2,1-6H3,(H,36,45)/t20?,21-,22+. The van der Waals surface area contributed by atoms with Gasteiger partial charge >= 0.3 is 6.09 Å². The summed E-state index contributed by atoms with van der Waals surface area (Å²) in [6, 6.07) is 11.8. The Morgan fingerprint density at radius 3 is 2.40 bits per heavy atom. The van der Waals surface area contributed by atoms with E-state index < -0.39 is 11.7 Å². The van der Waals surface area contributed by atoms with Crippen LogP contribution >= 0.6 is 11.6 Å². The molecule has 0 spiro atoms. The van der Waals surface area contributed by atoms with Crippen LogP contribution in [0.1, 0.15) is 52.0 Å². The Balaban J connectivity index is 1.30. The predicted molar refractivity (Wildman–Crippen MR) is 181 cm³/mol. The highest BCUT2D eigenvalue weighted by Gasteiger charge is 2.43. The fraction of sp³-hybridized carbons (Fsp3) is 0.441. The van der Waals surface area contributed by atoms with E-state index in [1.165, 1.54) is 0 Å². The molecule has 5 heterocycles. The van der Waals surface area contributed by atoms with Crippen LogP contribution in [0.5, 0.6) is 5.75 Å². The Hall–Kier alpha value is -4.58. The molecule has 2 fully saturated rings. The fourth-order valence-corrected chi connectivity index (χ4v) is 7.43. The zero-order valence-electron chi connectivity index (χ0n) is 27.5. The van der Waals surface area contributed by atoms with Gasteiger partial charge in [-0.05, 0) is 76.3 Å². The number of rotatable bonds is 6. The number of benzene rings is 2. The lowest BCUT2D eigenvalue weighted by atomic mass is 9.98. The van der Waals surface area contributed by atoms with Crippen LogP contribution in [-0.2, 0) is 25.4 Å². The molecule has 0 radical (unpaired) electrons. The summed E-state index contributed by atoms with van der Waals surface area (Å²) in [6.07, 6.45) is 4.84. The van der Waals surface area contributed by atoms with Gasteiger partial charge in [-0.1, -0.05) is 23.7 Å². The number of carbonyl (C=O) groups is 1. The second-order valence-electron chi connectivity index (χ2n) is 13.6. The number of alkyl carbamates (subject to hydrolysis) is 1. The summed E-state index contributed by atoms with van der Waals surface area (Å²) in [4.78, 5) is 34.2. The van der Waals surface area contributed by atoms with Crippen molar-refractivity contribution < 1.29 is 14.3 Å². The Labute approximate surface area is 277 Å². The molecule has 0 saturated carbocycles. The lowest BCUT2D eigenvalue weighted by molar-refractivity contribution is 0.0492. The van der Waals surface area contributed by atoms with Crippen LogP contribution in [0.4, 0.5) is 10.7 Å². The number of aromatic nitrogens is 6. The number of amides is 1. The molecule has 0 aliphatic carbocycles. The number of piperidine rings is 1. The quantitative estimate of drug-likeness (QED) is 0.257. The molecule has 3 aromatic heterocycles. The van der Waals surface area contributed by atoms with E-state index in [0.29, 0.717) is 39.8 Å². The van der Waals surface area contributed by atoms with Crippen LogP contribution in [0, 0.1) is 0 Å². The first-order valence-corrected chi connectivity index (χ1v) is 16.3. The molecule has 12 nitrogen and oxygen atoms in total. The highest BCUT2D eigenvalue weighted by molar-refractivity contribution is 6.38. The van der Waals surface area contributed by atoms with Gasteiger partial charge in [-0.2, -0.15) is 15.2 Å². The maximum atomic E-state index is 14.4. The third kappa shape index (κ3) is 5.68. The van der Waals surface area contributed by atoms with Crippen molar-refractivity contribution >= 4 is 45.6 Å². The van der Waals surface area contributed by atoms with E-state index in [0.717, 1.165) is 47.9 Å². The SMILES string of the molecule is COc1ccc(Cn2nc3nc(N4[C@@H]5CC[C@H]4CC(NC(=O)OC(C)(C)C)C5)n(C)c(=O)c3c2-c2ccc3nn(C)cc3c2Cl)cc1. The number of anilines is 1. The molecule has 1 N–H and O–H groups in total. The molecule has 2 aliphatic heterocycles. The summed E-state index contributed by atoms with van der Waals surface area (Å²) in [5.74, 6) is 1.34. The number of fused-ring (bicyclic) bond motifs is 4. The molecule has 1 unspecified atom stereocenters. The molecule has 5 aromatic rings. The average Bonchev–Trinajstić information content (AvgIpc) is 3.65. The van der Waals surface area contributed by atoms with Gasteiger partial charge in [0.1, 0.15) is 16.7 Å². The Bertz CT molecular complexity index is 2050. The molecule has 47 heavy (non-hydrogen) atoms. The van der Waals surface area contributed by atoms with Crippen LogP contribution in [0.2, 0.25) is 5.02 Å². The summed E-state index contributed by atoms with van der Waals surface area (Å²) in [5, 5.41) is 14.2. The molecule has 3 atom stereocenters. The molecule has 2 saturated heterocycles. The second-order valence-corrected chi connectivity index (χ2v) is 14.0. The van der Waals surface area contributed by atoms with Gasteiger partial charge in [0.05, 0.1) is 29.9 Å². The van der Waals surface area contributed by atoms with Crippen molar-refractivity contribution in [1.29, 1.82) is 0 Å². The highest BCUT2D eigenvalue weighted by Crippen LogP contribution is 2.40. The van der Waals surface area contributed by atoms with Gasteiger partial charge in [-0.15, -0.1) is 0 Å². The van der Waals surface area contributed by atoms with Gasteiger partial charge in [-0.25, -0.2) is 4.79 Å². The largest absolute Gasteiger partial charge is 0.497 e. The van der Waals surface area contributed by atoms with Crippen molar-refractivity contribution in [2.45, 2.75) is 76.7 Å². The predicted octanol–water partition coefficient (Wildman–Crippen LogP) is 5.42. The summed E-state index contributed by atoms with van der Waals surface area (Å²) >= 11 is 7.05. The summed E-state index contributed by atoms with van der Waals surface area (Å²) < 4.78 is 16.0. The molecule has 1 amide bonds. The number of nitrogens with one attached hydrogen (secondary N) is 1. The number of halogens is 1. The first kappa shape index (κ1) is 31.0. The topological polar surface area (TPSA) is 121 Å². The van der Waals surface area contributed by atoms with Crippen molar-refractivity contribution in [3.05, 3.63) is 63.5 Å². The number of hydrogen-bond donors (Lipinski definition) is 1. The number of nitrogens with zero attached hydrogens (tertiary/aromatic N) is 7. The van der Waals surface area contributed by atoms with E-state index in [4.69, 9.17) is 31.2 Å².